The Bertz CT molecular complexity index is 436. The number of carbonyl (C=O) groups is 1. The molecule has 0 unspecified atom stereocenters. The van der Waals surface area contributed by atoms with Crippen LogP contribution in [0.25, 0.3) is 0 Å². The van der Waals surface area contributed by atoms with E-state index < -0.39 is 0 Å². The molecule has 4 heteroatoms. The molecule has 0 aromatic rings. The van der Waals surface area contributed by atoms with E-state index in [4.69, 9.17) is 4.74 Å². The Morgan fingerprint density at radius 2 is 2.05 bits per heavy atom. The van der Waals surface area contributed by atoms with Crippen LogP contribution in [-0.4, -0.2) is 55.2 Å². The smallest absolute Gasteiger partial charge is 0.409 e. The fraction of sp³-hybridized carbons (Fsp3) is 0.824. The summed E-state index contributed by atoms with van der Waals surface area (Å²) in [5, 5.41) is 0. The standard InChI is InChI=1S/C17H28N2O2/c1-4-21-16(20)19-9-7-18(8-10-19)12-13-5-6-14-11-15(13)17(14,2)3/h5,14-15H,4,6-12H2,1-3H3/t14-,15+/m1/s1. The third kappa shape index (κ3) is 2.70. The van der Waals surface area contributed by atoms with Crippen molar-refractivity contribution >= 4 is 6.09 Å². The van der Waals surface area contributed by atoms with Gasteiger partial charge in [0, 0.05) is 32.7 Å². The Balaban J connectivity index is 1.50. The van der Waals surface area contributed by atoms with Crippen LogP contribution in [0.5, 0.6) is 0 Å². The largest absolute Gasteiger partial charge is 0.450 e. The van der Waals surface area contributed by atoms with E-state index in [1.165, 1.54) is 12.8 Å². The first-order valence-electron chi connectivity index (χ1n) is 8.35. The van der Waals surface area contributed by atoms with E-state index >= 15 is 0 Å². The highest BCUT2D eigenvalue weighted by Crippen LogP contribution is 2.59. The molecule has 0 aromatic carbocycles. The van der Waals surface area contributed by atoms with Crippen LogP contribution in [0.15, 0.2) is 11.6 Å². The molecule has 4 rings (SSSR count). The number of hydrogen-bond donors (Lipinski definition) is 0. The van der Waals surface area contributed by atoms with Gasteiger partial charge < -0.3 is 9.64 Å². The quantitative estimate of drug-likeness (QED) is 0.750. The van der Waals surface area contributed by atoms with Crippen molar-refractivity contribution in [3.63, 3.8) is 0 Å². The molecule has 4 nitrogen and oxygen atoms in total. The number of piperazine rings is 1. The molecule has 3 aliphatic carbocycles. The van der Waals surface area contributed by atoms with Crippen LogP contribution in [-0.2, 0) is 4.74 Å². The summed E-state index contributed by atoms with van der Waals surface area (Å²) in [5.74, 6) is 1.70. The van der Waals surface area contributed by atoms with Crippen LogP contribution in [0.2, 0.25) is 0 Å². The van der Waals surface area contributed by atoms with Crippen molar-refractivity contribution in [2.45, 2.75) is 33.6 Å². The van der Waals surface area contributed by atoms with Gasteiger partial charge in [0.25, 0.3) is 0 Å². The average molecular weight is 292 g/mol. The molecule has 1 saturated heterocycles. The lowest BCUT2D eigenvalue weighted by Gasteiger charge is -2.57. The van der Waals surface area contributed by atoms with Crippen molar-refractivity contribution in [2.75, 3.05) is 39.3 Å². The highest BCUT2D eigenvalue weighted by atomic mass is 16.6. The van der Waals surface area contributed by atoms with Crippen LogP contribution >= 0.6 is 0 Å². The van der Waals surface area contributed by atoms with Gasteiger partial charge in [-0.05, 0) is 37.0 Å². The minimum atomic E-state index is -0.156. The Morgan fingerprint density at radius 1 is 1.33 bits per heavy atom. The van der Waals surface area contributed by atoms with Crippen LogP contribution in [0.3, 0.4) is 0 Å². The first-order valence-corrected chi connectivity index (χ1v) is 8.35. The molecule has 1 aliphatic heterocycles. The van der Waals surface area contributed by atoms with Gasteiger partial charge in [-0.3, -0.25) is 4.90 Å². The maximum absolute atomic E-state index is 11.7. The monoisotopic (exact) mass is 292 g/mol. The zero-order valence-electron chi connectivity index (χ0n) is 13.6. The zero-order chi connectivity index (χ0) is 15.0. The highest BCUT2D eigenvalue weighted by Gasteiger charge is 2.51. The number of carbonyl (C=O) groups excluding carboxylic acids is 1. The Morgan fingerprint density at radius 3 is 2.62 bits per heavy atom. The molecule has 1 amide bonds. The average Bonchev–Trinajstić information content (AvgIpc) is 2.48. The van der Waals surface area contributed by atoms with Crippen LogP contribution in [0, 0.1) is 17.3 Å². The molecule has 2 fully saturated rings. The summed E-state index contributed by atoms with van der Waals surface area (Å²) in [4.78, 5) is 16.0. The van der Waals surface area contributed by atoms with Gasteiger partial charge in [-0.1, -0.05) is 25.5 Å². The molecule has 2 bridgehead atoms. The minimum absolute atomic E-state index is 0.156. The fourth-order valence-corrected chi connectivity index (χ4v) is 4.22. The van der Waals surface area contributed by atoms with E-state index in [1.807, 2.05) is 11.8 Å². The molecule has 118 valence electrons. The topological polar surface area (TPSA) is 32.8 Å². The summed E-state index contributed by atoms with van der Waals surface area (Å²) in [6.07, 6.45) is 4.99. The predicted octanol–water partition coefficient (Wildman–Crippen LogP) is 2.75. The number of hydrogen-bond acceptors (Lipinski definition) is 3. The predicted molar refractivity (Wildman–Crippen MR) is 83.1 cm³/mol. The Kier molecular flexibility index (Phi) is 4.00. The second-order valence-electron chi connectivity index (χ2n) is 7.28. The molecule has 0 spiro atoms. The molecule has 0 N–H and O–H groups in total. The highest BCUT2D eigenvalue weighted by molar-refractivity contribution is 5.67. The van der Waals surface area contributed by atoms with Gasteiger partial charge in [-0.15, -0.1) is 0 Å². The van der Waals surface area contributed by atoms with Gasteiger partial charge in [0.05, 0.1) is 6.61 Å². The van der Waals surface area contributed by atoms with E-state index in [0.717, 1.165) is 44.6 Å². The maximum Gasteiger partial charge on any atom is 0.409 e. The number of nitrogens with zero attached hydrogens (tertiary/aromatic N) is 2. The molecular formula is C17H28N2O2. The summed E-state index contributed by atoms with van der Waals surface area (Å²) in [6, 6.07) is 0. The molecule has 1 heterocycles. The van der Waals surface area contributed by atoms with Crippen molar-refractivity contribution in [3.05, 3.63) is 11.6 Å². The molecule has 1 saturated carbocycles. The summed E-state index contributed by atoms with van der Waals surface area (Å²) in [5.41, 5.74) is 2.16. The van der Waals surface area contributed by atoms with Gasteiger partial charge in [0.1, 0.15) is 0 Å². The maximum atomic E-state index is 11.7. The second-order valence-corrected chi connectivity index (χ2v) is 7.28. The summed E-state index contributed by atoms with van der Waals surface area (Å²) >= 11 is 0. The van der Waals surface area contributed by atoms with Crippen molar-refractivity contribution < 1.29 is 9.53 Å². The molecule has 4 aliphatic rings. The van der Waals surface area contributed by atoms with E-state index in [1.54, 1.807) is 5.57 Å². The van der Waals surface area contributed by atoms with Gasteiger partial charge in [0.2, 0.25) is 0 Å². The van der Waals surface area contributed by atoms with Gasteiger partial charge in [-0.2, -0.15) is 0 Å². The van der Waals surface area contributed by atoms with Gasteiger partial charge in [0.15, 0.2) is 0 Å². The lowest BCUT2D eigenvalue weighted by atomic mass is 9.49. The SMILES string of the molecule is CCOC(=O)N1CCN(CC2=CC[C@@H]3C[C@@H]2C3(C)C)CC1. The van der Waals surface area contributed by atoms with E-state index in [2.05, 4.69) is 24.8 Å². The number of fused-ring (bicyclic) bond motifs is 1. The molecule has 0 radical (unpaired) electrons. The Labute approximate surface area is 128 Å². The van der Waals surface area contributed by atoms with Gasteiger partial charge >= 0.3 is 6.09 Å². The van der Waals surface area contributed by atoms with E-state index in [9.17, 15) is 4.79 Å². The Hall–Kier alpha value is -1.03. The summed E-state index contributed by atoms with van der Waals surface area (Å²) in [7, 11) is 0. The summed E-state index contributed by atoms with van der Waals surface area (Å²) in [6.45, 7) is 11.8. The number of ether oxygens (including phenoxy) is 1. The first kappa shape index (κ1) is 14.9. The van der Waals surface area contributed by atoms with Crippen molar-refractivity contribution in [1.82, 2.24) is 9.80 Å². The molecule has 0 aromatic heterocycles. The lowest BCUT2D eigenvalue weighted by Crippen LogP contribution is -2.53. The zero-order valence-corrected chi connectivity index (χ0v) is 13.6. The lowest BCUT2D eigenvalue weighted by molar-refractivity contribution is -0.0120. The number of rotatable bonds is 3. The van der Waals surface area contributed by atoms with Crippen LogP contribution < -0.4 is 0 Å². The van der Waals surface area contributed by atoms with E-state index in [-0.39, 0.29) is 6.09 Å². The van der Waals surface area contributed by atoms with Crippen LogP contribution in [0.1, 0.15) is 33.6 Å². The molecule has 2 atom stereocenters. The van der Waals surface area contributed by atoms with Crippen molar-refractivity contribution in [1.29, 1.82) is 0 Å². The molecule has 21 heavy (non-hydrogen) atoms. The number of allylic oxidation sites excluding steroid dienone is 1. The van der Waals surface area contributed by atoms with Crippen molar-refractivity contribution in [2.24, 2.45) is 17.3 Å². The third-order valence-electron chi connectivity index (χ3n) is 5.89. The van der Waals surface area contributed by atoms with Gasteiger partial charge in [-0.25, -0.2) is 4.79 Å². The number of amides is 1. The first-order chi connectivity index (χ1) is 10.0. The fourth-order valence-electron chi connectivity index (χ4n) is 4.22. The summed E-state index contributed by atoms with van der Waals surface area (Å²) < 4.78 is 5.07. The van der Waals surface area contributed by atoms with Crippen LogP contribution in [0.4, 0.5) is 4.79 Å². The van der Waals surface area contributed by atoms with Crippen molar-refractivity contribution in [3.8, 4) is 0 Å². The second kappa shape index (κ2) is 5.64. The third-order valence-corrected chi connectivity index (χ3v) is 5.89. The molecular weight excluding hydrogens is 264 g/mol. The minimum Gasteiger partial charge on any atom is -0.450 e. The van der Waals surface area contributed by atoms with E-state index in [0.29, 0.717) is 12.0 Å². The normalized spacial score (nSPS) is 31.4.